The van der Waals surface area contributed by atoms with Gasteiger partial charge in [0.1, 0.15) is 5.76 Å². The lowest BCUT2D eigenvalue weighted by Crippen LogP contribution is -2.17. The Kier molecular flexibility index (Phi) is 5.13. The Bertz CT molecular complexity index is 545. The molecule has 0 radical (unpaired) electrons. The second-order valence-corrected chi connectivity index (χ2v) is 6.68. The first kappa shape index (κ1) is 14.8. The minimum absolute atomic E-state index is 0.315. The lowest BCUT2D eigenvalue weighted by Gasteiger charge is -2.28. The smallest absolute Gasteiger partial charge is 0.202 e. The molecule has 112 valence electrons. The highest BCUT2D eigenvalue weighted by molar-refractivity contribution is 9.09. The van der Waals surface area contributed by atoms with Crippen molar-refractivity contribution in [2.24, 2.45) is 5.92 Å². The van der Waals surface area contributed by atoms with Crippen molar-refractivity contribution in [2.45, 2.75) is 44.4 Å². The summed E-state index contributed by atoms with van der Waals surface area (Å²) in [6.45, 7) is 0. The lowest BCUT2D eigenvalue weighted by atomic mass is 9.77. The van der Waals surface area contributed by atoms with Crippen molar-refractivity contribution in [3.8, 4) is 0 Å². The summed E-state index contributed by atoms with van der Waals surface area (Å²) in [5, 5.41) is 0.918. The van der Waals surface area contributed by atoms with Crippen LogP contribution in [-0.2, 0) is 6.42 Å². The minimum atomic E-state index is 0.315. The van der Waals surface area contributed by atoms with E-state index in [1.807, 2.05) is 6.20 Å². The van der Waals surface area contributed by atoms with Crippen molar-refractivity contribution in [2.75, 3.05) is 5.33 Å². The molecule has 1 heterocycles. The molecule has 0 bridgehead atoms. The van der Waals surface area contributed by atoms with Crippen LogP contribution < -0.4 is 0 Å². The van der Waals surface area contributed by atoms with E-state index in [2.05, 4.69) is 51.2 Å². The molecule has 2 aromatic rings. The fraction of sp³-hybridized carbons (Fsp3) is 0.500. The molecule has 0 amide bonds. The van der Waals surface area contributed by atoms with Crippen molar-refractivity contribution in [1.29, 1.82) is 0 Å². The van der Waals surface area contributed by atoms with Crippen LogP contribution in [0.3, 0.4) is 0 Å². The highest BCUT2D eigenvalue weighted by Gasteiger charge is 2.30. The molecule has 0 aliphatic heterocycles. The number of hydrogen-bond donors (Lipinski definition) is 0. The SMILES string of the molecule is BrCCc1cnc(C(c2ccccc2)C2CCCCC2)o1. The molecule has 1 fully saturated rings. The fourth-order valence-electron chi connectivity index (χ4n) is 3.42. The van der Waals surface area contributed by atoms with E-state index in [4.69, 9.17) is 4.42 Å². The maximum atomic E-state index is 6.05. The number of aromatic nitrogens is 1. The van der Waals surface area contributed by atoms with Gasteiger partial charge in [0.2, 0.25) is 5.89 Å². The van der Waals surface area contributed by atoms with Crippen molar-refractivity contribution in [1.82, 2.24) is 4.98 Å². The number of benzene rings is 1. The van der Waals surface area contributed by atoms with Gasteiger partial charge in [-0.25, -0.2) is 4.98 Å². The second kappa shape index (κ2) is 7.26. The summed E-state index contributed by atoms with van der Waals surface area (Å²) in [6.07, 6.45) is 9.42. The van der Waals surface area contributed by atoms with Crippen LogP contribution in [0.1, 0.15) is 55.2 Å². The molecule has 1 aliphatic carbocycles. The molecule has 21 heavy (non-hydrogen) atoms. The van der Waals surface area contributed by atoms with Crippen LogP contribution in [0.4, 0.5) is 0 Å². The summed E-state index contributed by atoms with van der Waals surface area (Å²) >= 11 is 3.47. The molecule has 1 aromatic carbocycles. The first-order valence-corrected chi connectivity index (χ1v) is 9.06. The number of nitrogens with zero attached hydrogens (tertiary/aromatic N) is 1. The summed E-state index contributed by atoms with van der Waals surface area (Å²) in [6, 6.07) is 10.7. The average molecular weight is 348 g/mol. The van der Waals surface area contributed by atoms with Crippen molar-refractivity contribution < 1.29 is 4.42 Å². The number of aryl methyl sites for hydroxylation is 1. The average Bonchev–Trinajstić information content (AvgIpc) is 2.98. The van der Waals surface area contributed by atoms with E-state index in [9.17, 15) is 0 Å². The monoisotopic (exact) mass is 347 g/mol. The third-order valence-corrected chi connectivity index (χ3v) is 4.85. The number of halogens is 1. The highest BCUT2D eigenvalue weighted by Crippen LogP contribution is 2.40. The zero-order valence-electron chi connectivity index (χ0n) is 12.3. The quantitative estimate of drug-likeness (QED) is 0.683. The van der Waals surface area contributed by atoms with Gasteiger partial charge in [-0.15, -0.1) is 0 Å². The van der Waals surface area contributed by atoms with E-state index < -0.39 is 0 Å². The molecule has 3 rings (SSSR count). The molecule has 1 unspecified atom stereocenters. The van der Waals surface area contributed by atoms with Crippen LogP contribution >= 0.6 is 15.9 Å². The van der Waals surface area contributed by atoms with Gasteiger partial charge in [0.25, 0.3) is 0 Å². The number of oxazole rings is 1. The minimum Gasteiger partial charge on any atom is -0.445 e. The van der Waals surface area contributed by atoms with E-state index >= 15 is 0 Å². The van der Waals surface area contributed by atoms with Gasteiger partial charge in [0, 0.05) is 11.8 Å². The van der Waals surface area contributed by atoms with Crippen LogP contribution in [0.25, 0.3) is 0 Å². The van der Waals surface area contributed by atoms with Gasteiger partial charge in [-0.05, 0) is 24.3 Å². The molecule has 2 nitrogen and oxygen atoms in total. The molecule has 1 atom stereocenters. The van der Waals surface area contributed by atoms with Gasteiger partial charge >= 0.3 is 0 Å². The highest BCUT2D eigenvalue weighted by atomic mass is 79.9. The van der Waals surface area contributed by atoms with Gasteiger partial charge in [-0.3, -0.25) is 0 Å². The van der Waals surface area contributed by atoms with E-state index in [0.29, 0.717) is 11.8 Å². The Balaban J connectivity index is 1.90. The molecular formula is C18H22BrNO. The summed E-state index contributed by atoms with van der Waals surface area (Å²) in [4.78, 5) is 4.60. The molecule has 0 N–H and O–H groups in total. The molecule has 1 aliphatic rings. The normalized spacial score (nSPS) is 17.8. The summed E-state index contributed by atoms with van der Waals surface area (Å²) in [7, 11) is 0. The third kappa shape index (κ3) is 3.57. The maximum absolute atomic E-state index is 6.05. The first-order valence-electron chi connectivity index (χ1n) is 7.94. The van der Waals surface area contributed by atoms with Gasteiger partial charge < -0.3 is 4.42 Å². The lowest BCUT2D eigenvalue weighted by molar-refractivity contribution is 0.292. The molecule has 1 saturated carbocycles. The van der Waals surface area contributed by atoms with E-state index in [1.165, 1.54) is 37.7 Å². The van der Waals surface area contributed by atoms with Crippen molar-refractivity contribution in [3.63, 3.8) is 0 Å². The van der Waals surface area contributed by atoms with Crippen molar-refractivity contribution >= 4 is 15.9 Å². The fourth-order valence-corrected chi connectivity index (χ4v) is 3.81. The molecule has 1 aromatic heterocycles. The predicted octanol–water partition coefficient (Wildman–Crippen LogP) is 5.32. The Hall–Kier alpha value is -1.09. The Labute approximate surface area is 135 Å². The number of hydrogen-bond acceptors (Lipinski definition) is 2. The summed E-state index contributed by atoms with van der Waals surface area (Å²) < 4.78 is 6.05. The third-order valence-electron chi connectivity index (χ3n) is 4.46. The van der Waals surface area contributed by atoms with E-state index in [0.717, 1.165) is 23.4 Å². The van der Waals surface area contributed by atoms with Gasteiger partial charge in [-0.1, -0.05) is 65.5 Å². The summed E-state index contributed by atoms with van der Waals surface area (Å²) in [5.41, 5.74) is 1.34. The molecule has 3 heteroatoms. The topological polar surface area (TPSA) is 26.0 Å². The standard InChI is InChI=1S/C18H22BrNO/c19-12-11-16-13-20-18(21-16)17(14-7-3-1-4-8-14)15-9-5-2-6-10-15/h1,3-4,7-8,13,15,17H,2,5-6,9-12H2. The predicted molar refractivity (Wildman–Crippen MR) is 88.9 cm³/mol. The Morgan fingerprint density at radius 3 is 2.62 bits per heavy atom. The van der Waals surface area contributed by atoms with Crippen LogP contribution in [0.2, 0.25) is 0 Å². The zero-order chi connectivity index (χ0) is 14.5. The zero-order valence-corrected chi connectivity index (χ0v) is 13.9. The molecule has 0 spiro atoms. The molecular weight excluding hydrogens is 326 g/mol. The summed E-state index contributed by atoms with van der Waals surface area (Å²) in [5.74, 6) is 2.87. The van der Waals surface area contributed by atoms with Gasteiger partial charge in [0.05, 0.1) is 12.1 Å². The molecule has 0 saturated heterocycles. The maximum Gasteiger partial charge on any atom is 0.202 e. The Morgan fingerprint density at radius 1 is 1.14 bits per heavy atom. The van der Waals surface area contributed by atoms with E-state index in [1.54, 1.807) is 0 Å². The second-order valence-electron chi connectivity index (χ2n) is 5.89. The van der Waals surface area contributed by atoms with Crippen molar-refractivity contribution in [3.05, 3.63) is 53.7 Å². The number of rotatable bonds is 5. The van der Waals surface area contributed by atoms with Crippen LogP contribution in [0.5, 0.6) is 0 Å². The van der Waals surface area contributed by atoms with E-state index in [-0.39, 0.29) is 0 Å². The first-order chi connectivity index (χ1) is 10.4. The van der Waals surface area contributed by atoms with Gasteiger partial charge in [0.15, 0.2) is 0 Å². The largest absolute Gasteiger partial charge is 0.445 e. The number of alkyl halides is 1. The van der Waals surface area contributed by atoms with Crippen LogP contribution in [0.15, 0.2) is 40.9 Å². The van der Waals surface area contributed by atoms with Gasteiger partial charge in [-0.2, -0.15) is 0 Å². The van der Waals surface area contributed by atoms with Crippen LogP contribution in [0, 0.1) is 5.92 Å². The van der Waals surface area contributed by atoms with Crippen LogP contribution in [-0.4, -0.2) is 10.3 Å². The Morgan fingerprint density at radius 2 is 1.90 bits per heavy atom.